The van der Waals surface area contributed by atoms with Crippen molar-refractivity contribution >= 4 is 17.5 Å². The molecule has 0 aromatic heterocycles. The number of hydrogen-bond acceptors (Lipinski definition) is 3. The first-order valence-corrected chi connectivity index (χ1v) is 12.8. The molecule has 0 bridgehead atoms. The molecule has 0 radical (unpaired) electrons. The quantitative estimate of drug-likeness (QED) is 0.524. The Morgan fingerprint density at radius 2 is 1.85 bits per heavy atom. The smallest absolute Gasteiger partial charge is 0.256 e. The molecule has 0 N–H and O–H groups in total. The lowest BCUT2D eigenvalue weighted by molar-refractivity contribution is 0.0771. The molecule has 0 atom stereocenters. The summed E-state index contributed by atoms with van der Waals surface area (Å²) in [6.45, 7) is 5.03. The van der Waals surface area contributed by atoms with Gasteiger partial charge in [0.25, 0.3) is 5.91 Å². The summed E-state index contributed by atoms with van der Waals surface area (Å²) in [5.41, 5.74) is 5.17. The van der Waals surface area contributed by atoms with Crippen molar-refractivity contribution in [3.63, 3.8) is 0 Å². The molecule has 2 aliphatic heterocycles. The number of amides is 1. The third-order valence-electron chi connectivity index (χ3n) is 7.50. The van der Waals surface area contributed by atoms with Crippen LogP contribution in [0.4, 0.5) is 0 Å². The Balaban J connectivity index is 1.09. The Bertz CT molecular complexity index is 1060. The monoisotopic (exact) mass is 461 g/mol. The standard InChI is InChI=1S/C28H32ClN3O/c29-26-16-24(15-25-19-32(18-22-6-7-22)28(33)27(25)26)14-21-8-11-31(12-9-21)10-2-5-20-3-1-4-23(13-20)17-30/h1,3-4,13,15-16,21-22H,2,5-12,14,18-19H2. The third kappa shape index (κ3) is 5.42. The Hall–Kier alpha value is -2.35. The number of halogens is 1. The van der Waals surface area contributed by atoms with Crippen LogP contribution in [-0.4, -0.2) is 41.9 Å². The molecule has 2 heterocycles. The molecule has 2 fully saturated rings. The van der Waals surface area contributed by atoms with Gasteiger partial charge in [-0.2, -0.15) is 5.26 Å². The predicted molar refractivity (Wildman–Crippen MR) is 131 cm³/mol. The van der Waals surface area contributed by atoms with Crippen molar-refractivity contribution in [3.05, 3.63) is 69.2 Å². The first kappa shape index (κ1) is 22.4. The second kappa shape index (κ2) is 9.87. The summed E-state index contributed by atoms with van der Waals surface area (Å²) in [7, 11) is 0. The molecule has 4 nitrogen and oxygen atoms in total. The van der Waals surface area contributed by atoms with Crippen molar-refractivity contribution < 1.29 is 4.79 Å². The molecule has 33 heavy (non-hydrogen) atoms. The summed E-state index contributed by atoms with van der Waals surface area (Å²) in [5, 5.41) is 9.70. The zero-order valence-corrected chi connectivity index (χ0v) is 20.0. The number of hydrogen-bond donors (Lipinski definition) is 0. The molecule has 2 aromatic carbocycles. The van der Waals surface area contributed by atoms with Crippen LogP contribution in [0.2, 0.25) is 5.02 Å². The van der Waals surface area contributed by atoms with Crippen LogP contribution in [0.3, 0.4) is 0 Å². The zero-order valence-electron chi connectivity index (χ0n) is 19.2. The van der Waals surface area contributed by atoms with Gasteiger partial charge in [-0.15, -0.1) is 0 Å². The molecule has 2 aromatic rings. The lowest BCUT2D eigenvalue weighted by Gasteiger charge is -2.32. The SMILES string of the molecule is N#Cc1cccc(CCCN2CCC(Cc3cc(Cl)c4c(c3)CN(CC3CC3)C4=O)CC2)c1. The van der Waals surface area contributed by atoms with Crippen molar-refractivity contribution in [2.45, 2.75) is 51.5 Å². The fourth-order valence-electron chi connectivity index (χ4n) is 5.45. The Labute approximate surface area is 202 Å². The highest BCUT2D eigenvalue weighted by molar-refractivity contribution is 6.34. The molecule has 1 saturated heterocycles. The average Bonchev–Trinajstić information content (AvgIpc) is 3.58. The first-order valence-electron chi connectivity index (χ1n) is 12.4. The minimum absolute atomic E-state index is 0.126. The Morgan fingerprint density at radius 3 is 2.61 bits per heavy atom. The van der Waals surface area contributed by atoms with E-state index in [4.69, 9.17) is 16.9 Å². The van der Waals surface area contributed by atoms with Gasteiger partial charge < -0.3 is 9.80 Å². The molecule has 5 rings (SSSR count). The maximum absolute atomic E-state index is 12.7. The number of nitrogens with zero attached hydrogens (tertiary/aromatic N) is 3. The molecule has 0 unspecified atom stereocenters. The number of nitriles is 1. The van der Waals surface area contributed by atoms with E-state index in [1.807, 2.05) is 29.2 Å². The normalized spacial score (nSPS) is 19.0. The lowest BCUT2D eigenvalue weighted by Crippen LogP contribution is -2.35. The van der Waals surface area contributed by atoms with Gasteiger partial charge in [0, 0.05) is 13.1 Å². The fourth-order valence-corrected chi connectivity index (χ4v) is 5.80. The number of fused-ring (bicyclic) bond motifs is 1. The van der Waals surface area contributed by atoms with Crippen LogP contribution >= 0.6 is 11.6 Å². The molecule has 5 heteroatoms. The van der Waals surface area contributed by atoms with Gasteiger partial charge in [-0.3, -0.25) is 4.79 Å². The van der Waals surface area contributed by atoms with Crippen LogP contribution in [0.15, 0.2) is 36.4 Å². The summed E-state index contributed by atoms with van der Waals surface area (Å²) in [4.78, 5) is 17.3. The van der Waals surface area contributed by atoms with Crippen molar-refractivity contribution in [2.75, 3.05) is 26.2 Å². The lowest BCUT2D eigenvalue weighted by atomic mass is 9.89. The van der Waals surface area contributed by atoms with Gasteiger partial charge in [0.2, 0.25) is 0 Å². The topological polar surface area (TPSA) is 47.3 Å². The molecule has 1 amide bonds. The van der Waals surface area contributed by atoms with Gasteiger partial charge in [0.1, 0.15) is 0 Å². The van der Waals surface area contributed by atoms with Gasteiger partial charge in [-0.05, 0) is 111 Å². The first-order chi connectivity index (χ1) is 16.1. The number of carbonyl (C=O) groups excluding carboxylic acids is 1. The zero-order chi connectivity index (χ0) is 22.8. The third-order valence-corrected chi connectivity index (χ3v) is 7.79. The van der Waals surface area contributed by atoms with E-state index in [0.717, 1.165) is 68.7 Å². The van der Waals surface area contributed by atoms with Gasteiger partial charge in [-0.25, -0.2) is 0 Å². The molecule has 0 spiro atoms. The van der Waals surface area contributed by atoms with E-state index >= 15 is 0 Å². The van der Waals surface area contributed by atoms with Crippen LogP contribution < -0.4 is 0 Å². The summed E-state index contributed by atoms with van der Waals surface area (Å²) < 4.78 is 0. The van der Waals surface area contributed by atoms with Gasteiger partial charge in [0.15, 0.2) is 0 Å². The average molecular weight is 462 g/mol. The van der Waals surface area contributed by atoms with Gasteiger partial charge >= 0.3 is 0 Å². The number of benzene rings is 2. The van der Waals surface area contributed by atoms with Crippen LogP contribution in [-0.2, 0) is 19.4 Å². The summed E-state index contributed by atoms with van der Waals surface area (Å²) in [6, 6.07) is 14.5. The van der Waals surface area contributed by atoms with Crippen LogP contribution in [0.5, 0.6) is 0 Å². The van der Waals surface area contributed by atoms with Crippen LogP contribution in [0, 0.1) is 23.2 Å². The number of aryl methyl sites for hydroxylation is 1. The molecule has 172 valence electrons. The van der Waals surface area contributed by atoms with Crippen molar-refractivity contribution in [1.82, 2.24) is 9.80 Å². The predicted octanol–water partition coefficient (Wildman–Crippen LogP) is 5.46. The van der Waals surface area contributed by atoms with Crippen molar-refractivity contribution in [3.8, 4) is 6.07 Å². The fraction of sp³-hybridized carbons (Fsp3) is 0.500. The van der Waals surface area contributed by atoms with E-state index in [2.05, 4.69) is 23.1 Å². The van der Waals surface area contributed by atoms with E-state index < -0.39 is 0 Å². The molecule has 1 saturated carbocycles. The van der Waals surface area contributed by atoms with Crippen molar-refractivity contribution in [1.29, 1.82) is 5.26 Å². The maximum Gasteiger partial charge on any atom is 0.256 e. The largest absolute Gasteiger partial charge is 0.334 e. The van der Waals surface area contributed by atoms with E-state index in [-0.39, 0.29) is 5.91 Å². The molecule has 3 aliphatic rings. The summed E-state index contributed by atoms with van der Waals surface area (Å²) >= 11 is 6.58. The summed E-state index contributed by atoms with van der Waals surface area (Å²) in [6.07, 6.45) is 8.15. The highest BCUT2D eigenvalue weighted by Gasteiger charge is 2.34. The number of rotatable bonds is 8. The van der Waals surface area contributed by atoms with E-state index in [1.54, 1.807) is 0 Å². The highest BCUT2D eigenvalue weighted by Crippen LogP contribution is 2.36. The minimum Gasteiger partial charge on any atom is -0.334 e. The molecule has 1 aliphatic carbocycles. The number of likely N-dealkylation sites (tertiary alicyclic amines) is 1. The molecular formula is C28H32ClN3O. The van der Waals surface area contributed by atoms with Gasteiger partial charge in [-0.1, -0.05) is 29.8 Å². The van der Waals surface area contributed by atoms with E-state index in [1.165, 1.54) is 36.8 Å². The Kier molecular flexibility index (Phi) is 6.71. The molecular weight excluding hydrogens is 430 g/mol. The van der Waals surface area contributed by atoms with Crippen LogP contribution in [0.25, 0.3) is 0 Å². The Morgan fingerprint density at radius 1 is 1.03 bits per heavy atom. The number of carbonyl (C=O) groups is 1. The van der Waals surface area contributed by atoms with Gasteiger partial charge in [0.05, 0.1) is 22.2 Å². The second-order valence-electron chi connectivity index (χ2n) is 10.1. The summed E-state index contributed by atoms with van der Waals surface area (Å²) in [5.74, 6) is 1.51. The van der Waals surface area contributed by atoms with Crippen LogP contribution in [0.1, 0.15) is 64.7 Å². The van der Waals surface area contributed by atoms with E-state index in [9.17, 15) is 4.79 Å². The minimum atomic E-state index is 0.126. The van der Waals surface area contributed by atoms with E-state index in [0.29, 0.717) is 16.9 Å². The maximum atomic E-state index is 12.7. The second-order valence-corrected chi connectivity index (χ2v) is 10.6. The van der Waals surface area contributed by atoms with Crippen molar-refractivity contribution in [2.24, 2.45) is 11.8 Å². The number of piperidine rings is 1. The highest BCUT2D eigenvalue weighted by atomic mass is 35.5.